The molecule has 3 fully saturated rings. The Bertz CT molecular complexity index is 2180. The molecule has 3 N–H and O–H groups in total. The van der Waals surface area contributed by atoms with Gasteiger partial charge in [0.25, 0.3) is 5.91 Å². The number of ether oxygens (including phenoxy) is 3. The van der Waals surface area contributed by atoms with Crippen molar-refractivity contribution in [3.05, 3.63) is 48.7 Å². The number of imide groups is 1. The van der Waals surface area contributed by atoms with Crippen LogP contribution < -0.4 is 30.3 Å². The Morgan fingerprint density at radius 3 is 1.89 bits per heavy atom. The molecule has 6 rings (SSSR count). The molecule has 15 nitrogen and oxygen atoms in total. The summed E-state index contributed by atoms with van der Waals surface area (Å²) < 4.78 is 19.0. The van der Waals surface area contributed by atoms with Gasteiger partial charge in [0, 0.05) is 54.3 Å². The van der Waals surface area contributed by atoms with Crippen molar-refractivity contribution in [1.29, 1.82) is 0 Å². The largest absolute Gasteiger partial charge is 0.497 e. The van der Waals surface area contributed by atoms with Gasteiger partial charge in [0.15, 0.2) is 0 Å². The lowest BCUT2D eigenvalue weighted by atomic mass is 9.85. The summed E-state index contributed by atoms with van der Waals surface area (Å²) in [5, 5.41) is 18.3. The lowest BCUT2D eigenvalue weighted by molar-refractivity contribution is -0.126. The van der Waals surface area contributed by atoms with Crippen molar-refractivity contribution in [3.8, 4) is 22.8 Å². The topological polar surface area (TPSA) is 169 Å². The summed E-state index contributed by atoms with van der Waals surface area (Å²) in [5.41, 5.74) is 0.444. The molecule has 1 aliphatic carbocycles. The fourth-order valence-corrected chi connectivity index (χ4v) is 10.6. The quantitative estimate of drug-likeness (QED) is 0.133. The molecule has 0 radical (unpaired) electrons. The van der Waals surface area contributed by atoms with Crippen LogP contribution >= 0.6 is 0 Å². The molecule has 15 heteroatoms. The number of hydrogen-bond acceptors (Lipinski definition) is 9. The molecule has 3 aliphatic rings. The van der Waals surface area contributed by atoms with E-state index in [0.717, 1.165) is 36.1 Å². The lowest BCUT2D eigenvalue weighted by Gasteiger charge is -2.37. The predicted molar refractivity (Wildman–Crippen MR) is 281 cm³/mol. The number of likely N-dealkylation sites (tertiary alicyclic amines) is 1. The number of urea groups is 2. The minimum absolute atomic E-state index is 0.117. The number of benzene rings is 2. The molecule has 6 amide bonds. The number of anilines is 2. The van der Waals surface area contributed by atoms with E-state index < -0.39 is 11.6 Å². The van der Waals surface area contributed by atoms with Gasteiger partial charge in [-0.2, -0.15) is 0 Å². The molecule has 2 aliphatic heterocycles. The second kappa shape index (κ2) is 26.0. The number of carbonyl (C=O) groups excluding carboxylic acids is 4. The highest BCUT2D eigenvalue weighted by Gasteiger charge is 2.54. The summed E-state index contributed by atoms with van der Waals surface area (Å²) in [6.07, 6.45) is 27.4. The maximum atomic E-state index is 13.8. The number of rotatable bonds is 14. The van der Waals surface area contributed by atoms with Crippen LogP contribution in [0.5, 0.6) is 11.5 Å². The van der Waals surface area contributed by atoms with E-state index in [1.165, 1.54) is 111 Å². The Labute approximate surface area is 424 Å². The first-order chi connectivity index (χ1) is 34.0. The average Bonchev–Trinajstić information content (AvgIpc) is 3.88. The highest BCUT2D eigenvalue weighted by Crippen LogP contribution is 2.39. The fraction of sp³-hybridized carbons (Fsp3) is 0.679. The number of amides is 6. The molecular weight excluding hydrogens is 897 g/mol. The van der Waals surface area contributed by atoms with Gasteiger partial charge in [-0.3, -0.25) is 14.3 Å². The first kappa shape index (κ1) is 55.1. The number of nitrogens with one attached hydrogen (secondary N) is 3. The number of piperidine rings is 1. The van der Waals surface area contributed by atoms with Crippen LogP contribution in [0.3, 0.4) is 0 Å². The number of nitrogens with zero attached hydrogens (tertiary/aromatic N) is 5. The van der Waals surface area contributed by atoms with Crippen LogP contribution in [0.1, 0.15) is 176 Å². The molecule has 3 aromatic rings. The van der Waals surface area contributed by atoms with E-state index in [1.807, 2.05) is 35.1 Å². The summed E-state index contributed by atoms with van der Waals surface area (Å²) in [7, 11) is 2.99. The Kier molecular flexibility index (Phi) is 20.2. The first-order valence-corrected chi connectivity index (χ1v) is 26.9. The van der Waals surface area contributed by atoms with E-state index in [9.17, 15) is 19.2 Å². The zero-order chi connectivity index (χ0) is 50.9. The van der Waals surface area contributed by atoms with Gasteiger partial charge in [-0.05, 0) is 62.3 Å². The molecule has 2 aromatic carbocycles. The van der Waals surface area contributed by atoms with Crippen molar-refractivity contribution in [2.75, 3.05) is 50.7 Å². The van der Waals surface area contributed by atoms with Gasteiger partial charge >= 0.3 is 12.1 Å². The van der Waals surface area contributed by atoms with Crippen molar-refractivity contribution in [1.82, 2.24) is 30.5 Å². The number of carbonyl (C=O) groups is 4. The molecular formula is C56H86N8O7. The Morgan fingerprint density at radius 2 is 1.31 bits per heavy atom. The monoisotopic (exact) mass is 983 g/mol. The van der Waals surface area contributed by atoms with Gasteiger partial charge in [0.1, 0.15) is 22.7 Å². The van der Waals surface area contributed by atoms with E-state index in [0.29, 0.717) is 54.7 Å². The summed E-state index contributed by atoms with van der Waals surface area (Å²) in [6, 6.07) is 11.6. The molecule has 0 unspecified atom stereocenters. The summed E-state index contributed by atoms with van der Waals surface area (Å²) in [6.45, 7) is 12.8. The van der Waals surface area contributed by atoms with Crippen molar-refractivity contribution in [2.45, 2.75) is 193 Å². The average molecular weight is 983 g/mol. The second-order valence-corrected chi connectivity index (χ2v) is 22.6. The van der Waals surface area contributed by atoms with Gasteiger partial charge in [-0.25, -0.2) is 14.5 Å². The van der Waals surface area contributed by atoms with E-state index in [4.69, 9.17) is 14.2 Å². The second-order valence-electron chi connectivity index (χ2n) is 22.6. The minimum Gasteiger partial charge on any atom is -0.497 e. The Hall–Kier alpha value is -5.18. The molecule has 1 aromatic heterocycles. The third-order valence-electron chi connectivity index (χ3n) is 14.8. The third kappa shape index (κ3) is 16.4. The number of aromatic nitrogens is 3. The minimum atomic E-state index is -1.13. The van der Waals surface area contributed by atoms with Gasteiger partial charge in [0.05, 0.1) is 39.3 Å². The SMILES string of the molecule is COc1ccc(OC)c(N2C(=O)NC3(CCN(C(=O)Nc4cccc(-c5cn(CC(C)(C)COCC(C)(C)CC(=O)NC6(C)CCCCCCCCCCCCCCCCCCC6)nn5)c4)CC3)C2=O)c1. The smallest absolute Gasteiger partial charge is 0.329 e. The van der Waals surface area contributed by atoms with Crippen LogP contribution in [0.4, 0.5) is 21.0 Å². The van der Waals surface area contributed by atoms with Crippen molar-refractivity contribution in [2.24, 2.45) is 10.8 Å². The standard InChI is InChI=1S/C56H86N8O7/c1-53(2,38-49(65)58-55(5)30-23-21-19-17-15-13-11-9-8-10-12-14-16-18-20-22-24-31-55)41-71-42-54(3,4)40-63-39-46(60-61-63)43-26-25-27-44(36-43)57-51(67)62-34-32-56(33-35-62)50(66)64(52(68)59-56)47-37-45(69-6)28-29-48(47)70-7/h25-29,36-37,39H,8-24,30-35,38,40-42H2,1-7H3,(H,57,67)(H,58,65)(H,59,68). The highest BCUT2D eigenvalue weighted by molar-refractivity contribution is 6.24. The Balaban J connectivity index is 0.941. The summed E-state index contributed by atoms with van der Waals surface area (Å²) >= 11 is 0. The Morgan fingerprint density at radius 1 is 0.732 bits per heavy atom. The van der Waals surface area contributed by atoms with Gasteiger partial charge in [0.2, 0.25) is 5.91 Å². The van der Waals surface area contributed by atoms with Gasteiger partial charge < -0.3 is 35.1 Å². The van der Waals surface area contributed by atoms with E-state index in [1.54, 1.807) is 23.1 Å². The van der Waals surface area contributed by atoms with Crippen LogP contribution in [0, 0.1) is 10.8 Å². The van der Waals surface area contributed by atoms with Crippen LogP contribution in [-0.2, 0) is 20.9 Å². The molecule has 71 heavy (non-hydrogen) atoms. The fourth-order valence-electron chi connectivity index (χ4n) is 10.6. The predicted octanol–water partition coefficient (Wildman–Crippen LogP) is 11.8. The molecule has 0 bridgehead atoms. The zero-order valence-corrected chi connectivity index (χ0v) is 44.3. The molecule has 1 spiro atoms. The van der Waals surface area contributed by atoms with Crippen molar-refractivity contribution >= 4 is 35.3 Å². The van der Waals surface area contributed by atoms with Crippen LogP contribution in [0.2, 0.25) is 0 Å². The molecule has 1 saturated carbocycles. The first-order valence-electron chi connectivity index (χ1n) is 26.9. The summed E-state index contributed by atoms with van der Waals surface area (Å²) in [5.74, 6) is 0.583. The molecule has 392 valence electrons. The third-order valence-corrected chi connectivity index (χ3v) is 14.8. The zero-order valence-electron chi connectivity index (χ0n) is 44.3. The molecule has 3 heterocycles. The van der Waals surface area contributed by atoms with E-state index in [-0.39, 0.29) is 60.1 Å². The number of hydrogen-bond donors (Lipinski definition) is 3. The van der Waals surface area contributed by atoms with Gasteiger partial charge in [-0.15, -0.1) is 5.10 Å². The van der Waals surface area contributed by atoms with Gasteiger partial charge in [-0.1, -0.05) is 154 Å². The lowest BCUT2D eigenvalue weighted by Crippen LogP contribution is -2.56. The normalized spacial score (nSPS) is 19.2. The van der Waals surface area contributed by atoms with Crippen molar-refractivity contribution in [3.63, 3.8) is 0 Å². The number of methoxy groups -OCH3 is 2. The maximum Gasteiger partial charge on any atom is 0.329 e. The molecule has 2 saturated heterocycles. The highest BCUT2D eigenvalue weighted by atomic mass is 16.5. The van der Waals surface area contributed by atoms with Crippen molar-refractivity contribution < 1.29 is 33.4 Å². The molecule has 0 atom stereocenters. The van der Waals surface area contributed by atoms with Crippen LogP contribution in [0.25, 0.3) is 11.3 Å². The summed E-state index contributed by atoms with van der Waals surface area (Å²) in [4.78, 5) is 57.0. The van der Waals surface area contributed by atoms with E-state index in [2.05, 4.69) is 60.9 Å². The maximum absolute atomic E-state index is 13.8. The van der Waals surface area contributed by atoms with Crippen LogP contribution in [-0.4, -0.2) is 95.4 Å². The van der Waals surface area contributed by atoms with E-state index >= 15 is 0 Å². The van der Waals surface area contributed by atoms with Crippen LogP contribution in [0.15, 0.2) is 48.7 Å².